The minimum absolute atomic E-state index is 0.0167. The summed E-state index contributed by atoms with van der Waals surface area (Å²) < 4.78 is 12.4. The van der Waals surface area contributed by atoms with Crippen molar-refractivity contribution in [2.45, 2.75) is 0 Å². The van der Waals surface area contributed by atoms with Crippen molar-refractivity contribution in [1.29, 1.82) is 0 Å². The van der Waals surface area contributed by atoms with Crippen molar-refractivity contribution in [3.8, 4) is 17.0 Å². The Morgan fingerprint density at radius 1 is 1.00 bits per heavy atom. The minimum Gasteiger partial charge on any atom is -0.497 e. The Bertz CT molecular complexity index is 1150. The summed E-state index contributed by atoms with van der Waals surface area (Å²) in [6, 6.07) is 11.6. The average Bonchev–Trinajstić information content (AvgIpc) is 3.30. The zero-order chi connectivity index (χ0) is 23.5. The first kappa shape index (κ1) is 22.1. The molecule has 5 rings (SSSR count). The van der Waals surface area contributed by atoms with E-state index in [0.717, 1.165) is 54.8 Å². The zero-order valence-electron chi connectivity index (χ0n) is 19.6. The molecule has 0 saturated carbocycles. The third-order valence-corrected chi connectivity index (χ3v) is 6.36. The van der Waals surface area contributed by atoms with Gasteiger partial charge in [0.05, 0.1) is 37.9 Å². The van der Waals surface area contributed by atoms with Crippen molar-refractivity contribution in [3.05, 3.63) is 48.3 Å². The van der Waals surface area contributed by atoms with Gasteiger partial charge in [0.25, 0.3) is 5.91 Å². The number of methoxy groups -OCH3 is 1. The van der Waals surface area contributed by atoms with Crippen molar-refractivity contribution in [2.75, 3.05) is 69.4 Å². The second-order valence-electron chi connectivity index (χ2n) is 8.42. The van der Waals surface area contributed by atoms with Crippen LogP contribution in [-0.4, -0.2) is 90.4 Å². The molecule has 3 aromatic rings. The van der Waals surface area contributed by atoms with Crippen LogP contribution in [0, 0.1) is 0 Å². The third-order valence-electron chi connectivity index (χ3n) is 6.36. The molecule has 178 valence electrons. The van der Waals surface area contributed by atoms with Gasteiger partial charge in [0.15, 0.2) is 5.82 Å². The number of aromatic nitrogens is 4. The molecular formula is C24H29N7O3. The number of ether oxygens (including phenoxy) is 2. The molecular weight excluding hydrogens is 434 g/mol. The molecule has 2 saturated heterocycles. The fraction of sp³-hybridized carbons (Fsp3) is 0.417. The Balaban J connectivity index is 1.25. The summed E-state index contributed by atoms with van der Waals surface area (Å²) in [5.74, 6) is 1.59. The van der Waals surface area contributed by atoms with Crippen molar-refractivity contribution in [2.24, 2.45) is 7.05 Å². The molecule has 0 bridgehead atoms. The van der Waals surface area contributed by atoms with E-state index in [1.165, 1.54) is 0 Å². The molecule has 34 heavy (non-hydrogen) atoms. The lowest BCUT2D eigenvalue weighted by atomic mass is 10.1. The van der Waals surface area contributed by atoms with Crippen LogP contribution in [0.3, 0.4) is 0 Å². The summed E-state index contributed by atoms with van der Waals surface area (Å²) in [6.45, 7) is 5.80. The Kier molecular flexibility index (Phi) is 6.31. The molecule has 0 spiro atoms. The highest BCUT2D eigenvalue weighted by Gasteiger charge is 2.26. The SMILES string of the molecule is COc1cccc(-c2cc(C(=O)N3CCN(c4cc(N5CCOCC5)cnn4)CC3)n(C)n2)c1. The number of carbonyl (C=O) groups is 1. The van der Waals surface area contributed by atoms with Gasteiger partial charge >= 0.3 is 0 Å². The van der Waals surface area contributed by atoms with Gasteiger partial charge in [-0.05, 0) is 18.2 Å². The van der Waals surface area contributed by atoms with E-state index in [1.807, 2.05) is 35.2 Å². The molecule has 1 aromatic carbocycles. The standard InChI is InChI=1S/C24H29N7O3/c1-28-22(16-21(27-28)18-4-3-5-20(14-18)33-2)24(32)31-8-6-30(7-9-31)23-15-19(17-25-26-23)29-10-12-34-13-11-29/h3-5,14-17H,6-13H2,1-2H3. The second kappa shape index (κ2) is 9.68. The summed E-state index contributed by atoms with van der Waals surface area (Å²) in [5.41, 5.74) is 3.29. The van der Waals surface area contributed by atoms with Gasteiger partial charge in [0.1, 0.15) is 11.4 Å². The summed E-state index contributed by atoms with van der Waals surface area (Å²) >= 11 is 0. The van der Waals surface area contributed by atoms with E-state index in [0.29, 0.717) is 31.9 Å². The molecule has 0 unspecified atom stereocenters. The number of nitrogens with zero attached hydrogens (tertiary/aromatic N) is 7. The van der Waals surface area contributed by atoms with E-state index in [2.05, 4.69) is 31.2 Å². The normalized spacial score (nSPS) is 16.6. The number of aryl methyl sites for hydroxylation is 1. The van der Waals surface area contributed by atoms with Crippen LogP contribution in [0.5, 0.6) is 5.75 Å². The van der Waals surface area contributed by atoms with Crippen LogP contribution in [0.2, 0.25) is 0 Å². The molecule has 0 aliphatic carbocycles. The lowest BCUT2D eigenvalue weighted by molar-refractivity contribution is 0.0735. The predicted octanol–water partition coefficient (Wildman–Crippen LogP) is 1.68. The van der Waals surface area contributed by atoms with Crippen molar-refractivity contribution < 1.29 is 14.3 Å². The predicted molar refractivity (Wildman–Crippen MR) is 128 cm³/mol. The maximum absolute atomic E-state index is 13.3. The molecule has 2 aliphatic rings. The van der Waals surface area contributed by atoms with Gasteiger partial charge in [-0.3, -0.25) is 9.48 Å². The Morgan fingerprint density at radius 2 is 1.79 bits per heavy atom. The topological polar surface area (TPSA) is 88.9 Å². The van der Waals surface area contributed by atoms with Crippen LogP contribution in [0.4, 0.5) is 11.5 Å². The first-order valence-corrected chi connectivity index (χ1v) is 11.5. The molecule has 2 aliphatic heterocycles. The number of hydrogen-bond donors (Lipinski definition) is 0. The van der Waals surface area contributed by atoms with Crippen molar-refractivity contribution >= 4 is 17.4 Å². The number of piperazine rings is 1. The molecule has 1 amide bonds. The smallest absolute Gasteiger partial charge is 0.272 e. The molecule has 4 heterocycles. The maximum atomic E-state index is 13.3. The summed E-state index contributed by atoms with van der Waals surface area (Å²) in [7, 11) is 3.44. The van der Waals surface area contributed by atoms with Gasteiger partial charge in [-0.15, -0.1) is 5.10 Å². The lowest BCUT2D eigenvalue weighted by Gasteiger charge is -2.35. The monoisotopic (exact) mass is 463 g/mol. The van der Waals surface area contributed by atoms with Crippen LogP contribution >= 0.6 is 0 Å². The summed E-state index contributed by atoms with van der Waals surface area (Å²) in [5, 5.41) is 13.1. The molecule has 0 atom stereocenters. The van der Waals surface area contributed by atoms with Crippen molar-refractivity contribution in [3.63, 3.8) is 0 Å². The Morgan fingerprint density at radius 3 is 2.56 bits per heavy atom. The van der Waals surface area contributed by atoms with Gasteiger partial charge in [-0.25, -0.2) is 0 Å². The molecule has 2 aromatic heterocycles. The van der Waals surface area contributed by atoms with Gasteiger partial charge in [0, 0.05) is 57.9 Å². The van der Waals surface area contributed by atoms with Crippen LogP contribution in [0.25, 0.3) is 11.3 Å². The highest BCUT2D eigenvalue weighted by molar-refractivity contribution is 5.94. The lowest BCUT2D eigenvalue weighted by Crippen LogP contribution is -2.49. The largest absolute Gasteiger partial charge is 0.497 e. The van der Waals surface area contributed by atoms with Gasteiger partial charge < -0.3 is 24.2 Å². The average molecular weight is 464 g/mol. The number of anilines is 2. The van der Waals surface area contributed by atoms with E-state index >= 15 is 0 Å². The van der Waals surface area contributed by atoms with Gasteiger partial charge in [-0.2, -0.15) is 10.2 Å². The van der Waals surface area contributed by atoms with Crippen LogP contribution in [0.15, 0.2) is 42.6 Å². The first-order chi connectivity index (χ1) is 16.6. The number of morpholine rings is 1. The minimum atomic E-state index is -0.0167. The maximum Gasteiger partial charge on any atom is 0.272 e. The number of benzene rings is 1. The molecule has 10 heteroatoms. The highest BCUT2D eigenvalue weighted by Crippen LogP contribution is 2.25. The quantitative estimate of drug-likeness (QED) is 0.565. The van der Waals surface area contributed by atoms with Crippen LogP contribution in [0.1, 0.15) is 10.5 Å². The number of amides is 1. The summed E-state index contributed by atoms with van der Waals surface area (Å²) in [4.78, 5) is 19.6. The number of rotatable bonds is 5. The molecule has 2 fully saturated rings. The van der Waals surface area contributed by atoms with Crippen molar-refractivity contribution in [1.82, 2.24) is 24.9 Å². The molecule has 0 radical (unpaired) electrons. The molecule has 0 N–H and O–H groups in total. The fourth-order valence-electron chi connectivity index (χ4n) is 4.39. The van der Waals surface area contributed by atoms with Crippen LogP contribution < -0.4 is 14.5 Å². The van der Waals surface area contributed by atoms with E-state index in [1.54, 1.807) is 25.0 Å². The highest BCUT2D eigenvalue weighted by atomic mass is 16.5. The third kappa shape index (κ3) is 4.54. The zero-order valence-corrected chi connectivity index (χ0v) is 19.6. The van der Waals surface area contributed by atoms with Crippen LogP contribution in [-0.2, 0) is 11.8 Å². The fourth-order valence-corrected chi connectivity index (χ4v) is 4.39. The van der Waals surface area contributed by atoms with E-state index in [4.69, 9.17) is 9.47 Å². The number of carbonyl (C=O) groups excluding carboxylic acids is 1. The Labute approximate surface area is 198 Å². The van der Waals surface area contributed by atoms with Gasteiger partial charge in [0.2, 0.25) is 0 Å². The summed E-state index contributed by atoms with van der Waals surface area (Å²) in [6.07, 6.45) is 1.80. The van der Waals surface area contributed by atoms with E-state index in [9.17, 15) is 4.79 Å². The first-order valence-electron chi connectivity index (χ1n) is 11.5. The second-order valence-corrected chi connectivity index (χ2v) is 8.42. The van der Waals surface area contributed by atoms with E-state index in [-0.39, 0.29) is 5.91 Å². The van der Waals surface area contributed by atoms with E-state index < -0.39 is 0 Å². The van der Waals surface area contributed by atoms with Gasteiger partial charge in [-0.1, -0.05) is 12.1 Å². The number of hydrogen-bond acceptors (Lipinski definition) is 8. The molecule has 10 nitrogen and oxygen atoms in total. The Hall–Kier alpha value is -3.66.